The van der Waals surface area contributed by atoms with Gasteiger partial charge in [-0.2, -0.15) is 4.31 Å². The van der Waals surface area contributed by atoms with Crippen LogP contribution in [-0.2, 0) is 14.8 Å². The molecule has 0 radical (unpaired) electrons. The van der Waals surface area contributed by atoms with E-state index in [1.165, 1.54) is 4.31 Å². The van der Waals surface area contributed by atoms with Crippen LogP contribution in [0.3, 0.4) is 0 Å². The highest BCUT2D eigenvalue weighted by Crippen LogP contribution is 2.33. The van der Waals surface area contributed by atoms with Gasteiger partial charge in [-0.25, -0.2) is 13.2 Å². The monoisotopic (exact) mass is 382 g/mol. The van der Waals surface area contributed by atoms with E-state index < -0.39 is 10.0 Å². The Hall–Kier alpha value is -1.80. The van der Waals surface area contributed by atoms with Gasteiger partial charge < -0.3 is 14.4 Å². The smallest absolute Gasteiger partial charge is 0.410 e. The van der Waals surface area contributed by atoms with Gasteiger partial charge in [-0.3, -0.25) is 0 Å². The van der Waals surface area contributed by atoms with E-state index in [2.05, 4.69) is 0 Å². The first-order chi connectivity index (χ1) is 12.3. The second kappa shape index (κ2) is 7.08. The molecule has 1 aromatic carbocycles. The number of hydrogen-bond acceptors (Lipinski definition) is 5. The van der Waals surface area contributed by atoms with E-state index in [1.54, 1.807) is 25.0 Å². The summed E-state index contributed by atoms with van der Waals surface area (Å²) < 4.78 is 38.4. The first-order valence-electron chi connectivity index (χ1n) is 8.85. The predicted octanol–water partition coefficient (Wildman–Crippen LogP) is 2.23. The number of cyclic esters (lactones) is 1. The molecule has 8 heteroatoms. The molecule has 0 atom stereocenters. The van der Waals surface area contributed by atoms with Crippen molar-refractivity contribution in [3.8, 4) is 5.75 Å². The molecule has 0 N–H and O–H groups in total. The maximum Gasteiger partial charge on any atom is 0.410 e. The maximum absolute atomic E-state index is 13.3. The molecule has 0 unspecified atom stereocenters. The van der Waals surface area contributed by atoms with E-state index in [0.717, 1.165) is 11.1 Å². The number of benzene rings is 1. The zero-order chi connectivity index (χ0) is 19.1. The van der Waals surface area contributed by atoms with Crippen LogP contribution < -0.4 is 4.74 Å². The van der Waals surface area contributed by atoms with E-state index >= 15 is 0 Å². The van der Waals surface area contributed by atoms with Gasteiger partial charge in [0.15, 0.2) is 0 Å². The van der Waals surface area contributed by atoms with E-state index in [9.17, 15) is 13.2 Å². The number of carbonyl (C=O) groups is 1. The lowest BCUT2D eigenvalue weighted by Gasteiger charge is -2.35. The van der Waals surface area contributed by atoms with Gasteiger partial charge in [0.2, 0.25) is 10.0 Å². The molecule has 2 heterocycles. The van der Waals surface area contributed by atoms with Crippen LogP contribution in [0.15, 0.2) is 11.0 Å². The summed E-state index contributed by atoms with van der Waals surface area (Å²) in [6.07, 6.45) is 0.965. The third-order valence-electron chi connectivity index (χ3n) is 5.45. The van der Waals surface area contributed by atoms with Gasteiger partial charge >= 0.3 is 6.09 Å². The van der Waals surface area contributed by atoms with E-state index in [1.807, 2.05) is 13.8 Å². The SMILES string of the molecule is COc1cc(C)c(S(=O)(=O)N2CCC(N3CCOC3=O)CC2)c(C)c1C. The van der Waals surface area contributed by atoms with Gasteiger partial charge in [0, 0.05) is 19.1 Å². The molecule has 144 valence electrons. The zero-order valence-corrected chi connectivity index (χ0v) is 16.6. The Bertz CT molecular complexity index is 813. The number of ether oxygens (including phenoxy) is 2. The van der Waals surface area contributed by atoms with Crippen molar-refractivity contribution in [1.82, 2.24) is 9.21 Å². The van der Waals surface area contributed by atoms with Crippen LogP contribution in [0.2, 0.25) is 0 Å². The topological polar surface area (TPSA) is 76.2 Å². The van der Waals surface area contributed by atoms with Crippen molar-refractivity contribution in [2.45, 2.75) is 44.6 Å². The van der Waals surface area contributed by atoms with E-state index in [4.69, 9.17) is 9.47 Å². The highest BCUT2D eigenvalue weighted by molar-refractivity contribution is 7.89. The fourth-order valence-electron chi connectivity index (χ4n) is 3.89. The van der Waals surface area contributed by atoms with E-state index in [0.29, 0.717) is 55.3 Å². The molecule has 26 heavy (non-hydrogen) atoms. The molecular formula is C18H26N2O5S. The minimum atomic E-state index is -3.59. The van der Waals surface area contributed by atoms with Crippen molar-refractivity contribution in [2.24, 2.45) is 0 Å². The molecule has 0 bridgehead atoms. The van der Waals surface area contributed by atoms with Gasteiger partial charge in [-0.05, 0) is 56.4 Å². The fraction of sp³-hybridized carbons (Fsp3) is 0.611. The summed E-state index contributed by atoms with van der Waals surface area (Å²) in [7, 11) is -2.00. The standard InChI is InChI=1S/C18H26N2O5S/c1-12-11-16(24-4)13(2)14(3)17(12)26(22,23)19-7-5-15(6-8-19)20-9-10-25-18(20)21/h11,15H,5-10H2,1-4H3. The number of hydrogen-bond donors (Lipinski definition) is 0. The number of nitrogens with zero attached hydrogens (tertiary/aromatic N) is 2. The Balaban J connectivity index is 1.82. The molecule has 7 nitrogen and oxygen atoms in total. The highest BCUT2D eigenvalue weighted by atomic mass is 32.2. The van der Waals surface area contributed by atoms with Crippen LogP contribution >= 0.6 is 0 Å². The van der Waals surface area contributed by atoms with Crippen LogP contribution in [0.4, 0.5) is 4.79 Å². The molecule has 2 aliphatic rings. The molecular weight excluding hydrogens is 356 g/mol. The molecule has 1 amide bonds. The number of amides is 1. The fourth-order valence-corrected chi connectivity index (χ4v) is 5.85. The molecule has 2 fully saturated rings. The van der Waals surface area contributed by atoms with Crippen LogP contribution in [0.5, 0.6) is 5.75 Å². The van der Waals surface area contributed by atoms with Gasteiger partial charge in [-0.15, -0.1) is 0 Å². The van der Waals surface area contributed by atoms with Gasteiger partial charge in [0.1, 0.15) is 12.4 Å². The largest absolute Gasteiger partial charge is 0.496 e. The number of rotatable bonds is 4. The number of piperidine rings is 1. The van der Waals surface area contributed by atoms with E-state index in [-0.39, 0.29) is 12.1 Å². The first-order valence-corrected chi connectivity index (χ1v) is 10.3. The molecule has 0 spiro atoms. The molecule has 2 aliphatic heterocycles. The third-order valence-corrected chi connectivity index (χ3v) is 7.64. The second-order valence-electron chi connectivity index (χ2n) is 6.92. The van der Waals surface area contributed by atoms with Crippen molar-refractivity contribution >= 4 is 16.1 Å². The third kappa shape index (κ3) is 3.16. The quantitative estimate of drug-likeness (QED) is 0.798. The lowest BCUT2D eigenvalue weighted by Crippen LogP contribution is -2.47. The summed E-state index contributed by atoms with van der Waals surface area (Å²) >= 11 is 0. The summed E-state index contributed by atoms with van der Waals surface area (Å²) in [5.74, 6) is 0.699. The summed E-state index contributed by atoms with van der Waals surface area (Å²) in [6.45, 7) is 7.31. The molecule has 0 aliphatic carbocycles. The summed E-state index contributed by atoms with van der Waals surface area (Å²) in [6, 6.07) is 1.83. The maximum atomic E-state index is 13.3. The van der Waals surface area contributed by atoms with Crippen molar-refractivity contribution in [1.29, 1.82) is 0 Å². The molecule has 0 saturated carbocycles. The number of sulfonamides is 1. The van der Waals surface area contributed by atoms with Gasteiger partial charge in [0.25, 0.3) is 0 Å². The van der Waals surface area contributed by atoms with Gasteiger partial charge in [-0.1, -0.05) is 0 Å². The zero-order valence-electron chi connectivity index (χ0n) is 15.7. The van der Waals surface area contributed by atoms with Crippen LogP contribution in [-0.4, -0.2) is 63.1 Å². The van der Waals surface area contributed by atoms with Crippen LogP contribution in [0.1, 0.15) is 29.5 Å². The Morgan fingerprint density at radius 3 is 2.31 bits per heavy atom. The molecule has 1 aromatic rings. The first kappa shape index (κ1) is 19.0. The minimum Gasteiger partial charge on any atom is -0.496 e. The Morgan fingerprint density at radius 2 is 1.77 bits per heavy atom. The highest BCUT2D eigenvalue weighted by Gasteiger charge is 2.37. The Kier molecular flexibility index (Phi) is 5.16. The number of aryl methyl sites for hydroxylation is 1. The van der Waals surface area contributed by atoms with Crippen molar-refractivity contribution in [3.63, 3.8) is 0 Å². The summed E-state index contributed by atoms with van der Waals surface area (Å²) in [4.78, 5) is 13.8. The van der Waals surface area contributed by atoms with Crippen molar-refractivity contribution < 1.29 is 22.7 Å². The molecule has 3 rings (SSSR count). The van der Waals surface area contributed by atoms with Crippen molar-refractivity contribution in [2.75, 3.05) is 33.4 Å². The predicted molar refractivity (Wildman–Crippen MR) is 97.0 cm³/mol. The number of carbonyl (C=O) groups excluding carboxylic acids is 1. The lowest BCUT2D eigenvalue weighted by atomic mass is 10.1. The average molecular weight is 382 g/mol. The lowest BCUT2D eigenvalue weighted by molar-refractivity contribution is 0.134. The van der Waals surface area contributed by atoms with Crippen molar-refractivity contribution in [3.05, 3.63) is 22.8 Å². The number of methoxy groups -OCH3 is 1. The average Bonchev–Trinajstić information content (AvgIpc) is 3.04. The normalized spacial score (nSPS) is 19.7. The summed E-state index contributed by atoms with van der Waals surface area (Å²) in [5.41, 5.74) is 2.26. The van der Waals surface area contributed by atoms with Gasteiger partial charge in [0.05, 0.1) is 18.6 Å². The molecule has 2 saturated heterocycles. The molecule has 0 aromatic heterocycles. The Labute approximate surface area is 154 Å². The Morgan fingerprint density at radius 1 is 1.12 bits per heavy atom. The second-order valence-corrected chi connectivity index (χ2v) is 8.79. The summed E-state index contributed by atoms with van der Waals surface area (Å²) in [5, 5.41) is 0. The van der Waals surface area contributed by atoms with Crippen LogP contribution in [0.25, 0.3) is 0 Å². The van der Waals surface area contributed by atoms with Crippen LogP contribution in [0, 0.1) is 20.8 Å². The minimum absolute atomic E-state index is 0.0521.